The first kappa shape index (κ1) is 22.8. The van der Waals surface area contributed by atoms with Crippen molar-refractivity contribution in [1.29, 1.82) is 0 Å². The Bertz CT molecular complexity index is 1120. The highest BCUT2D eigenvalue weighted by atomic mass is 19.1. The van der Waals surface area contributed by atoms with Crippen molar-refractivity contribution in [3.8, 4) is 11.4 Å². The summed E-state index contributed by atoms with van der Waals surface area (Å²) >= 11 is 0. The monoisotopic (exact) mass is 466 g/mol. The van der Waals surface area contributed by atoms with Gasteiger partial charge in [-0.25, -0.2) is 14.4 Å². The Morgan fingerprint density at radius 3 is 2.56 bits per heavy atom. The van der Waals surface area contributed by atoms with Crippen LogP contribution in [0.4, 0.5) is 10.2 Å². The predicted octanol–water partition coefficient (Wildman–Crippen LogP) is 4.87. The van der Waals surface area contributed by atoms with Gasteiger partial charge in [0.25, 0.3) is 0 Å². The van der Waals surface area contributed by atoms with E-state index in [1.54, 1.807) is 6.07 Å². The van der Waals surface area contributed by atoms with Gasteiger partial charge in [-0.05, 0) is 74.8 Å². The summed E-state index contributed by atoms with van der Waals surface area (Å²) in [5.41, 5.74) is 2.29. The summed E-state index contributed by atoms with van der Waals surface area (Å²) < 4.78 is 24.6. The normalized spacial score (nSPS) is 21.6. The molecule has 3 heterocycles. The lowest BCUT2D eigenvalue weighted by molar-refractivity contribution is -0.142. The quantitative estimate of drug-likeness (QED) is 0.522. The number of ether oxygens (including phenoxy) is 2. The maximum absolute atomic E-state index is 13.4. The van der Waals surface area contributed by atoms with Gasteiger partial charge < -0.3 is 19.4 Å². The van der Waals surface area contributed by atoms with Crippen molar-refractivity contribution in [1.82, 2.24) is 15.0 Å². The van der Waals surface area contributed by atoms with Crippen LogP contribution in [0.2, 0.25) is 0 Å². The van der Waals surface area contributed by atoms with Crippen LogP contribution in [0.15, 0.2) is 36.5 Å². The Labute approximate surface area is 198 Å². The highest BCUT2D eigenvalue weighted by Crippen LogP contribution is 2.31. The molecule has 7 nitrogen and oxygen atoms in total. The molecule has 8 heteroatoms. The SMILES string of the molecule is COC(=O)CC1CCC(OC2CCN(c3ccc(-c4nc5ccc(F)cc5[nH]4)cn3)CC2)CC1. The van der Waals surface area contributed by atoms with E-state index in [0.717, 1.165) is 68.5 Å². The number of aromatic amines is 1. The number of esters is 1. The smallest absolute Gasteiger partial charge is 0.305 e. The number of piperidine rings is 1. The number of aromatic nitrogens is 3. The van der Waals surface area contributed by atoms with Crippen molar-refractivity contribution in [3.63, 3.8) is 0 Å². The number of benzene rings is 1. The van der Waals surface area contributed by atoms with E-state index in [9.17, 15) is 9.18 Å². The van der Waals surface area contributed by atoms with Crippen LogP contribution in [-0.2, 0) is 14.3 Å². The molecule has 5 rings (SSSR count). The fraction of sp³-hybridized carbons (Fsp3) is 0.500. The van der Waals surface area contributed by atoms with Gasteiger partial charge in [-0.15, -0.1) is 0 Å². The summed E-state index contributed by atoms with van der Waals surface area (Å²) in [7, 11) is 1.46. The van der Waals surface area contributed by atoms with Gasteiger partial charge in [-0.2, -0.15) is 0 Å². The fourth-order valence-corrected chi connectivity index (χ4v) is 5.12. The number of nitrogens with zero attached hydrogens (tertiary/aromatic N) is 3. The zero-order valence-electron chi connectivity index (χ0n) is 19.5. The third-order valence-electron chi connectivity index (χ3n) is 7.09. The van der Waals surface area contributed by atoms with Gasteiger partial charge in [0.1, 0.15) is 17.5 Å². The van der Waals surface area contributed by atoms with Crippen molar-refractivity contribution in [3.05, 3.63) is 42.3 Å². The van der Waals surface area contributed by atoms with E-state index >= 15 is 0 Å². The van der Waals surface area contributed by atoms with Gasteiger partial charge in [0.15, 0.2) is 0 Å². The molecule has 1 aliphatic heterocycles. The van der Waals surface area contributed by atoms with Gasteiger partial charge in [-0.3, -0.25) is 4.79 Å². The maximum atomic E-state index is 13.4. The lowest BCUT2D eigenvalue weighted by Crippen LogP contribution is -2.39. The highest BCUT2D eigenvalue weighted by Gasteiger charge is 2.28. The molecule has 0 unspecified atom stereocenters. The number of imidazole rings is 1. The second kappa shape index (κ2) is 10.1. The zero-order valence-corrected chi connectivity index (χ0v) is 19.5. The molecular weight excluding hydrogens is 435 g/mol. The minimum Gasteiger partial charge on any atom is -0.469 e. The molecule has 2 aliphatic rings. The van der Waals surface area contributed by atoms with Crippen LogP contribution in [0.3, 0.4) is 0 Å². The predicted molar refractivity (Wildman–Crippen MR) is 128 cm³/mol. The molecule has 0 radical (unpaired) electrons. The lowest BCUT2D eigenvalue weighted by atomic mass is 9.85. The third kappa shape index (κ3) is 5.22. The first-order chi connectivity index (χ1) is 16.6. The summed E-state index contributed by atoms with van der Waals surface area (Å²) in [6.07, 6.45) is 9.04. The number of hydrogen-bond donors (Lipinski definition) is 1. The van der Waals surface area contributed by atoms with E-state index in [4.69, 9.17) is 9.47 Å². The minimum atomic E-state index is -0.283. The maximum Gasteiger partial charge on any atom is 0.305 e. The first-order valence-corrected chi connectivity index (χ1v) is 12.2. The number of methoxy groups -OCH3 is 1. The second-order valence-electron chi connectivity index (χ2n) is 9.40. The van der Waals surface area contributed by atoms with Crippen LogP contribution < -0.4 is 4.90 Å². The van der Waals surface area contributed by atoms with Gasteiger partial charge in [0.2, 0.25) is 0 Å². The van der Waals surface area contributed by atoms with Gasteiger partial charge in [0.05, 0.1) is 30.4 Å². The molecule has 180 valence electrons. The van der Waals surface area contributed by atoms with E-state index in [0.29, 0.717) is 29.8 Å². The molecule has 34 heavy (non-hydrogen) atoms. The largest absolute Gasteiger partial charge is 0.469 e. The van der Waals surface area contributed by atoms with Crippen molar-refractivity contribution in [2.45, 2.75) is 57.2 Å². The van der Waals surface area contributed by atoms with Crippen LogP contribution in [0, 0.1) is 11.7 Å². The van der Waals surface area contributed by atoms with E-state index < -0.39 is 0 Å². The van der Waals surface area contributed by atoms with Crippen LogP contribution in [0.1, 0.15) is 44.9 Å². The summed E-state index contributed by atoms with van der Waals surface area (Å²) in [4.78, 5) is 26.1. The molecule has 0 atom stereocenters. The van der Waals surface area contributed by atoms with Gasteiger partial charge >= 0.3 is 5.97 Å². The molecular formula is C26H31FN4O3. The number of hydrogen-bond acceptors (Lipinski definition) is 6. The van der Waals surface area contributed by atoms with Crippen molar-refractivity contribution < 1.29 is 18.7 Å². The summed E-state index contributed by atoms with van der Waals surface area (Å²) in [5.74, 6) is 1.69. The third-order valence-corrected chi connectivity index (χ3v) is 7.09. The Balaban J connectivity index is 1.11. The average molecular weight is 467 g/mol. The molecule has 2 aromatic heterocycles. The molecule has 0 amide bonds. The molecule has 3 aromatic rings. The van der Waals surface area contributed by atoms with Crippen molar-refractivity contribution in [2.75, 3.05) is 25.1 Å². The van der Waals surface area contributed by atoms with Crippen molar-refractivity contribution in [2.24, 2.45) is 5.92 Å². The second-order valence-corrected chi connectivity index (χ2v) is 9.40. The molecule has 2 fully saturated rings. The number of H-pyrrole nitrogens is 1. The summed E-state index contributed by atoms with van der Waals surface area (Å²) in [5, 5.41) is 0. The number of anilines is 1. The Hall–Kier alpha value is -3.00. The fourth-order valence-electron chi connectivity index (χ4n) is 5.12. The van der Waals surface area contributed by atoms with E-state index in [1.807, 2.05) is 18.3 Å². The van der Waals surface area contributed by atoms with Crippen LogP contribution in [-0.4, -0.2) is 53.3 Å². The molecule has 0 bridgehead atoms. The number of carbonyl (C=O) groups is 1. The van der Waals surface area contributed by atoms with Gasteiger partial charge in [-0.1, -0.05) is 0 Å². The number of halogens is 1. The van der Waals surface area contributed by atoms with E-state index in [2.05, 4.69) is 19.9 Å². The zero-order chi connectivity index (χ0) is 23.5. The Morgan fingerprint density at radius 1 is 1.09 bits per heavy atom. The number of rotatable bonds is 6. The molecule has 1 aliphatic carbocycles. The van der Waals surface area contributed by atoms with Gasteiger partial charge in [0, 0.05) is 31.3 Å². The van der Waals surface area contributed by atoms with E-state index in [1.165, 1.54) is 19.2 Å². The minimum absolute atomic E-state index is 0.105. The standard InChI is InChI=1S/C26H31FN4O3/c1-33-25(32)14-17-2-6-20(7-3-17)34-21-10-12-31(13-11-21)24-9-4-18(16-28-24)26-29-22-8-5-19(27)15-23(22)30-26/h4-5,8-9,15-17,20-21H,2-3,6-7,10-14H2,1H3,(H,29,30). The number of fused-ring (bicyclic) bond motifs is 1. The molecule has 0 spiro atoms. The average Bonchev–Trinajstić information content (AvgIpc) is 3.29. The molecule has 1 saturated heterocycles. The van der Waals surface area contributed by atoms with Crippen LogP contribution in [0.5, 0.6) is 0 Å². The number of carbonyl (C=O) groups excluding carboxylic acids is 1. The summed E-state index contributed by atoms with van der Waals surface area (Å²) in [6, 6.07) is 8.57. The highest BCUT2D eigenvalue weighted by molar-refractivity contribution is 5.79. The number of nitrogens with one attached hydrogen (secondary N) is 1. The van der Waals surface area contributed by atoms with Crippen LogP contribution >= 0.6 is 0 Å². The number of pyridine rings is 1. The Kier molecular flexibility index (Phi) is 6.76. The van der Waals surface area contributed by atoms with E-state index in [-0.39, 0.29) is 17.9 Å². The molecule has 1 aromatic carbocycles. The Morgan fingerprint density at radius 2 is 1.85 bits per heavy atom. The molecule has 1 saturated carbocycles. The van der Waals surface area contributed by atoms with Crippen LogP contribution in [0.25, 0.3) is 22.4 Å². The molecule has 1 N–H and O–H groups in total. The topological polar surface area (TPSA) is 80.3 Å². The first-order valence-electron chi connectivity index (χ1n) is 12.2. The van der Waals surface area contributed by atoms with Crippen molar-refractivity contribution >= 4 is 22.8 Å². The lowest BCUT2D eigenvalue weighted by Gasteiger charge is -2.36. The summed E-state index contributed by atoms with van der Waals surface area (Å²) in [6.45, 7) is 1.83.